The molecular weight excluding hydrogens is 400 g/mol. The number of anilines is 1. The molecule has 2 aliphatic heterocycles. The summed E-state index contributed by atoms with van der Waals surface area (Å²) < 4.78 is 23.4. The number of thiazole rings is 1. The molecule has 3 aliphatic rings. The first kappa shape index (κ1) is 19.5. The number of amides is 2. The molecule has 8 nitrogen and oxygen atoms in total. The average Bonchev–Trinajstić information content (AvgIpc) is 3.17. The first-order chi connectivity index (χ1) is 13.4. The summed E-state index contributed by atoms with van der Waals surface area (Å²) in [5.41, 5.74) is 1.34. The van der Waals surface area contributed by atoms with Crippen molar-refractivity contribution in [2.45, 2.75) is 63.8 Å². The number of nitrogens with zero attached hydrogens (tertiary/aromatic N) is 3. The van der Waals surface area contributed by atoms with Crippen molar-refractivity contribution in [1.82, 2.24) is 9.99 Å². The van der Waals surface area contributed by atoms with Crippen LogP contribution in [0, 0.1) is 0 Å². The van der Waals surface area contributed by atoms with Crippen LogP contribution in [0.3, 0.4) is 0 Å². The number of sulfone groups is 1. The summed E-state index contributed by atoms with van der Waals surface area (Å²) in [6.07, 6.45) is 7.46. The third-order valence-electron chi connectivity index (χ3n) is 5.44. The Kier molecular flexibility index (Phi) is 5.50. The highest BCUT2D eigenvalue weighted by Gasteiger charge is 2.37. The molecule has 1 aromatic heterocycles. The van der Waals surface area contributed by atoms with Gasteiger partial charge in [-0.05, 0) is 32.1 Å². The van der Waals surface area contributed by atoms with Crippen molar-refractivity contribution in [1.29, 1.82) is 0 Å². The van der Waals surface area contributed by atoms with Crippen LogP contribution in [0.1, 0.15) is 55.5 Å². The Morgan fingerprint density at radius 2 is 1.89 bits per heavy atom. The maximum atomic E-state index is 12.7. The number of aromatic nitrogens is 1. The minimum atomic E-state index is -3.13. The number of carbonyl (C=O) groups is 2. The highest BCUT2D eigenvalue weighted by molar-refractivity contribution is 7.91. The van der Waals surface area contributed by atoms with E-state index in [0.717, 1.165) is 31.4 Å². The molecule has 0 bridgehead atoms. The van der Waals surface area contributed by atoms with Crippen molar-refractivity contribution < 1.29 is 18.0 Å². The lowest BCUT2D eigenvalue weighted by atomic mass is 10.0. The molecule has 1 aromatic rings. The Hall–Kier alpha value is -1.81. The van der Waals surface area contributed by atoms with Crippen LogP contribution in [0.15, 0.2) is 5.10 Å². The number of aryl methyl sites for hydroxylation is 2. The second kappa shape index (κ2) is 7.90. The summed E-state index contributed by atoms with van der Waals surface area (Å²) in [4.78, 5) is 30.7. The standard InChI is InChI=1S/C18H24N4O4S2/c23-16-8-7-14(21-22(16)12-9-10-28(25,26)11-12)17(24)20-18-19-13-5-3-1-2-4-6-15(13)27-18/h12H,1-11H2,(H,19,20,24)/t12-/m0/s1. The minimum absolute atomic E-state index is 0.0587. The zero-order valence-corrected chi connectivity index (χ0v) is 17.3. The molecule has 152 valence electrons. The lowest BCUT2D eigenvalue weighted by molar-refractivity contribution is -0.133. The van der Waals surface area contributed by atoms with E-state index in [1.54, 1.807) is 0 Å². The average molecular weight is 425 g/mol. The first-order valence-corrected chi connectivity index (χ1v) is 12.4. The molecule has 3 heterocycles. The lowest BCUT2D eigenvalue weighted by Crippen LogP contribution is -2.42. The second-order valence-electron chi connectivity index (χ2n) is 7.60. The molecule has 1 fully saturated rings. The number of fused-ring (bicyclic) bond motifs is 1. The molecule has 0 spiro atoms. The number of rotatable bonds is 3. The largest absolute Gasteiger partial charge is 0.297 e. The summed E-state index contributed by atoms with van der Waals surface area (Å²) in [5.74, 6) is -0.615. The SMILES string of the molecule is O=C(Nc1nc2c(s1)CCCCCC2)C1=NN([C@H]2CCS(=O)(=O)C2)C(=O)CC1. The number of carbonyl (C=O) groups excluding carboxylic acids is 2. The van der Waals surface area contributed by atoms with E-state index in [2.05, 4.69) is 15.4 Å². The smallest absolute Gasteiger partial charge is 0.273 e. The van der Waals surface area contributed by atoms with E-state index in [0.29, 0.717) is 11.6 Å². The van der Waals surface area contributed by atoms with E-state index in [1.807, 2.05) is 0 Å². The molecule has 10 heteroatoms. The lowest BCUT2D eigenvalue weighted by Gasteiger charge is -2.27. The first-order valence-electron chi connectivity index (χ1n) is 9.81. The highest BCUT2D eigenvalue weighted by Crippen LogP contribution is 2.29. The van der Waals surface area contributed by atoms with Crippen molar-refractivity contribution in [2.75, 3.05) is 16.8 Å². The Morgan fingerprint density at radius 3 is 2.64 bits per heavy atom. The Balaban J connectivity index is 1.47. The van der Waals surface area contributed by atoms with Gasteiger partial charge < -0.3 is 0 Å². The van der Waals surface area contributed by atoms with Crippen LogP contribution < -0.4 is 5.32 Å². The quantitative estimate of drug-likeness (QED) is 0.797. The predicted octanol–water partition coefficient (Wildman–Crippen LogP) is 1.91. The van der Waals surface area contributed by atoms with Gasteiger partial charge in [0, 0.05) is 17.7 Å². The van der Waals surface area contributed by atoms with Crippen LogP contribution in [0.4, 0.5) is 5.13 Å². The van der Waals surface area contributed by atoms with Crippen molar-refractivity contribution in [2.24, 2.45) is 5.10 Å². The molecule has 1 N–H and O–H groups in total. The Morgan fingerprint density at radius 1 is 1.11 bits per heavy atom. The fraction of sp³-hybridized carbons (Fsp3) is 0.667. The maximum Gasteiger partial charge on any atom is 0.273 e. The van der Waals surface area contributed by atoms with E-state index in [9.17, 15) is 18.0 Å². The molecule has 2 amide bonds. The monoisotopic (exact) mass is 424 g/mol. The Bertz CT molecular complexity index is 897. The second-order valence-corrected chi connectivity index (χ2v) is 10.9. The van der Waals surface area contributed by atoms with Gasteiger partial charge in [0.25, 0.3) is 5.91 Å². The summed E-state index contributed by atoms with van der Waals surface area (Å²) >= 11 is 1.52. The predicted molar refractivity (Wildman–Crippen MR) is 107 cm³/mol. The third-order valence-corrected chi connectivity index (χ3v) is 8.27. The molecular formula is C18H24N4O4S2. The normalized spacial score (nSPS) is 24.9. The molecule has 1 aliphatic carbocycles. The fourth-order valence-corrected chi connectivity index (χ4v) is 6.65. The van der Waals surface area contributed by atoms with Crippen LogP contribution >= 0.6 is 11.3 Å². The van der Waals surface area contributed by atoms with Gasteiger partial charge in [-0.1, -0.05) is 12.8 Å². The highest BCUT2D eigenvalue weighted by atomic mass is 32.2. The van der Waals surface area contributed by atoms with Crippen molar-refractivity contribution in [3.8, 4) is 0 Å². The van der Waals surface area contributed by atoms with Gasteiger partial charge in [0.2, 0.25) is 5.91 Å². The number of hydrogen-bond acceptors (Lipinski definition) is 7. The molecule has 1 saturated heterocycles. The van der Waals surface area contributed by atoms with Gasteiger partial charge in [0.15, 0.2) is 15.0 Å². The molecule has 0 unspecified atom stereocenters. The number of nitrogens with one attached hydrogen (secondary N) is 1. The molecule has 0 saturated carbocycles. The van der Waals surface area contributed by atoms with E-state index in [1.165, 1.54) is 34.1 Å². The summed E-state index contributed by atoms with van der Waals surface area (Å²) in [5, 5.41) is 8.84. The van der Waals surface area contributed by atoms with Gasteiger partial charge in [-0.25, -0.2) is 18.4 Å². The zero-order valence-electron chi connectivity index (χ0n) is 15.6. The van der Waals surface area contributed by atoms with E-state index in [-0.39, 0.29) is 41.9 Å². The van der Waals surface area contributed by atoms with Crippen LogP contribution in [0.2, 0.25) is 0 Å². The van der Waals surface area contributed by atoms with Crippen LogP contribution in [-0.4, -0.2) is 53.5 Å². The molecule has 4 rings (SSSR count). The topological polar surface area (TPSA) is 109 Å². The summed E-state index contributed by atoms with van der Waals surface area (Å²) in [6.45, 7) is 0. The molecule has 1 atom stereocenters. The number of hydrazone groups is 1. The summed E-state index contributed by atoms with van der Waals surface area (Å²) in [6, 6.07) is -0.472. The van der Waals surface area contributed by atoms with E-state index >= 15 is 0 Å². The fourth-order valence-electron chi connectivity index (χ4n) is 3.92. The van der Waals surface area contributed by atoms with Gasteiger partial charge in [0.1, 0.15) is 5.71 Å². The molecule has 0 radical (unpaired) electrons. The van der Waals surface area contributed by atoms with Crippen molar-refractivity contribution in [3.63, 3.8) is 0 Å². The van der Waals surface area contributed by atoms with Crippen LogP contribution in [-0.2, 0) is 32.3 Å². The molecule has 0 aromatic carbocycles. The minimum Gasteiger partial charge on any atom is -0.297 e. The van der Waals surface area contributed by atoms with Gasteiger partial charge >= 0.3 is 0 Å². The van der Waals surface area contributed by atoms with Gasteiger partial charge in [-0.3, -0.25) is 14.9 Å². The van der Waals surface area contributed by atoms with Gasteiger partial charge in [-0.15, -0.1) is 11.3 Å². The molecule has 28 heavy (non-hydrogen) atoms. The van der Waals surface area contributed by atoms with E-state index in [4.69, 9.17) is 0 Å². The van der Waals surface area contributed by atoms with Crippen LogP contribution in [0.25, 0.3) is 0 Å². The van der Waals surface area contributed by atoms with Crippen molar-refractivity contribution >= 4 is 43.8 Å². The van der Waals surface area contributed by atoms with Gasteiger partial charge in [-0.2, -0.15) is 5.10 Å². The number of hydrogen-bond donors (Lipinski definition) is 1. The van der Waals surface area contributed by atoms with Gasteiger partial charge in [0.05, 0.1) is 23.2 Å². The maximum absolute atomic E-state index is 12.7. The Labute approximate surface area is 168 Å². The summed E-state index contributed by atoms with van der Waals surface area (Å²) in [7, 11) is -3.13. The third kappa shape index (κ3) is 4.27. The van der Waals surface area contributed by atoms with Crippen LogP contribution in [0.5, 0.6) is 0 Å². The zero-order chi connectivity index (χ0) is 19.7. The van der Waals surface area contributed by atoms with Crippen molar-refractivity contribution in [3.05, 3.63) is 10.6 Å². The van der Waals surface area contributed by atoms with E-state index < -0.39 is 15.9 Å².